The average molecular weight is 628 g/mol. The molecule has 0 radical (unpaired) electrons. The second-order valence-corrected chi connectivity index (χ2v) is 13.6. The van der Waals surface area contributed by atoms with Crippen molar-refractivity contribution in [1.29, 1.82) is 0 Å². The van der Waals surface area contributed by atoms with Crippen LogP contribution in [0.5, 0.6) is 0 Å². The van der Waals surface area contributed by atoms with Crippen LogP contribution < -0.4 is 21.3 Å². The van der Waals surface area contributed by atoms with Crippen LogP contribution in [0.3, 0.4) is 0 Å². The molecule has 6 atom stereocenters. The zero-order valence-corrected chi connectivity index (χ0v) is 27.5. The summed E-state index contributed by atoms with van der Waals surface area (Å²) in [6.45, 7) is 12.9. The smallest absolute Gasteiger partial charge is 0.289 e. The second kappa shape index (κ2) is 15.4. The first-order chi connectivity index (χ1) is 21.1. The molecule has 1 aliphatic carbocycles. The molecule has 248 valence electrons. The van der Waals surface area contributed by atoms with Crippen molar-refractivity contribution in [3.05, 3.63) is 24.3 Å². The molecule has 2 fully saturated rings. The molecule has 45 heavy (non-hydrogen) atoms. The predicted molar refractivity (Wildman–Crippen MR) is 166 cm³/mol. The number of ketones is 1. The molecule has 0 aromatic carbocycles. The highest BCUT2D eigenvalue weighted by atomic mass is 16.2. The molecular formula is C32H49N7O6. The highest BCUT2D eigenvalue weighted by molar-refractivity contribution is 6.38. The van der Waals surface area contributed by atoms with Gasteiger partial charge < -0.3 is 26.2 Å². The van der Waals surface area contributed by atoms with E-state index in [1.807, 2.05) is 27.7 Å². The fourth-order valence-corrected chi connectivity index (χ4v) is 5.98. The highest BCUT2D eigenvalue weighted by Crippen LogP contribution is 2.42. The monoisotopic (exact) mass is 627 g/mol. The van der Waals surface area contributed by atoms with Crippen LogP contribution in [0.4, 0.5) is 0 Å². The lowest BCUT2D eigenvalue weighted by Crippen LogP contribution is -2.57. The molecule has 13 nitrogen and oxygen atoms in total. The fourth-order valence-electron chi connectivity index (χ4n) is 5.98. The number of fused-ring (bicyclic) bond motifs is 1. The molecule has 0 bridgehead atoms. The van der Waals surface area contributed by atoms with E-state index in [1.165, 1.54) is 23.5 Å². The molecule has 1 aromatic rings. The fraction of sp³-hybridized carbons (Fsp3) is 0.688. The quantitative estimate of drug-likeness (QED) is 0.237. The molecular weight excluding hydrogens is 578 g/mol. The Balaban J connectivity index is 1.70. The van der Waals surface area contributed by atoms with E-state index in [1.54, 1.807) is 20.8 Å². The van der Waals surface area contributed by atoms with Crippen molar-refractivity contribution in [2.24, 2.45) is 23.2 Å². The summed E-state index contributed by atoms with van der Waals surface area (Å²) in [7, 11) is 0. The minimum Gasteiger partial charge on any atom is -0.347 e. The van der Waals surface area contributed by atoms with Crippen LogP contribution in [0.1, 0.15) is 91.1 Å². The van der Waals surface area contributed by atoms with Crippen LogP contribution in [0.2, 0.25) is 0 Å². The Morgan fingerprint density at radius 3 is 2.31 bits per heavy atom. The maximum absolute atomic E-state index is 13.7. The van der Waals surface area contributed by atoms with Crippen LogP contribution >= 0.6 is 0 Å². The van der Waals surface area contributed by atoms with E-state index in [0.29, 0.717) is 13.0 Å². The molecule has 1 saturated heterocycles. The number of carbonyl (C=O) groups excluding carboxylic acids is 6. The van der Waals surface area contributed by atoms with E-state index in [2.05, 4.69) is 31.2 Å². The second-order valence-electron chi connectivity index (χ2n) is 13.6. The summed E-state index contributed by atoms with van der Waals surface area (Å²) in [5.41, 5.74) is -0.641. The Morgan fingerprint density at radius 2 is 1.71 bits per heavy atom. The molecule has 3 rings (SSSR count). The van der Waals surface area contributed by atoms with Gasteiger partial charge in [-0.3, -0.25) is 33.8 Å². The SMILES string of the molecule is CCC[C@H](NC(=O)[C@@H]1[C@H]2CCC[C@H]2CN1C(=O)CNC(=O)[C@@H](NC(=O)c1cnccn1)C(C)(C)C)C(=O)C(=O)N[C@@H](C)C(C)C. The van der Waals surface area contributed by atoms with Crippen molar-refractivity contribution in [3.63, 3.8) is 0 Å². The Hall–Kier alpha value is -3.90. The lowest BCUT2D eigenvalue weighted by molar-refractivity contribution is -0.143. The van der Waals surface area contributed by atoms with Crippen molar-refractivity contribution in [2.75, 3.05) is 13.1 Å². The molecule has 2 aliphatic rings. The Labute approximate surface area is 265 Å². The lowest BCUT2D eigenvalue weighted by atomic mass is 9.86. The third kappa shape index (κ3) is 9.07. The van der Waals surface area contributed by atoms with Crippen molar-refractivity contribution >= 4 is 35.3 Å². The van der Waals surface area contributed by atoms with Crippen LogP contribution in [-0.4, -0.2) is 87.4 Å². The Bertz CT molecular complexity index is 1250. The largest absolute Gasteiger partial charge is 0.347 e. The van der Waals surface area contributed by atoms with Gasteiger partial charge in [0.2, 0.25) is 23.5 Å². The van der Waals surface area contributed by atoms with Crippen LogP contribution in [0.25, 0.3) is 0 Å². The maximum atomic E-state index is 13.7. The third-order valence-corrected chi connectivity index (χ3v) is 8.89. The van der Waals surface area contributed by atoms with Crippen LogP contribution in [0.15, 0.2) is 18.6 Å². The summed E-state index contributed by atoms with van der Waals surface area (Å²) in [5.74, 6) is -3.30. The number of likely N-dealkylation sites (tertiary alicyclic amines) is 1. The topological polar surface area (TPSA) is 180 Å². The van der Waals surface area contributed by atoms with Gasteiger partial charge >= 0.3 is 0 Å². The van der Waals surface area contributed by atoms with Crippen LogP contribution in [-0.2, 0) is 24.0 Å². The first-order valence-corrected chi connectivity index (χ1v) is 15.9. The molecule has 2 heterocycles. The molecule has 1 aliphatic heterocycles. The highest BCUT2D eigenvalue weighted by Gasteiger charge is 2.50. The van der Waals surface area contributed by atoms with Crippen LogP contribution in [0, 0.1) is 23.2 Å². The molecule has 4 N–H and O–H groups in total. The van der Waals surface area contributed by atoms with Crippen molar-refractivity contribution in [1.82, 2.24) is 36.1 Å². The van der Waals surface area contributed by atoms with E-state index in [-0.39, 0.29) is 42.5 Å². The van der Waals surface area contributed by atoms with Gasteiger partial charge in [0, 0.05) is 25.0 Å². The Kier molecular flexibility index (Phi) is 12.2. The number of aromatic nitrogens is 2. The number of rotatable bonds is 13. The van der Waals surface area contributed by atoms with Gasteiger partial charge in [-0.1, -0.05) is 54.4 Å². The Morgan fingerprint density at radius 1 is 1.00 bits per heavy atom. The normalized spacial score (nSPS) is 21.3. The first kappa shape index (κ1) is 35.6. The van der Waals surface area contributed by atoms with Gasteiger partial charge in [0.25, 0.3) is 11.8 Å². The summed E-state index contributed by atoms with van der Waals surface area (Å²) in [5, 5.41) is 10.8. The molecule has 0 unspecified atom stereocenters. The standard InChI is InChI=1S/C32H49N7O6/c1-8-10-22(26(41)30(44)36-19(4)18(2)3)37-29(43)25-21-12-9-11-20(21)17-39(25)24(40)16-35-31(45)27(32(5,6)7)38-28(42)23-15-33-13-14-34-23/h13-15,18-22,25,27H,8-12,16-17H2,1-7H3,(H,35,45)(H,36,44)(H,37,43)(H,38,42)/t19-,20-,21-,22-,25-,27+/m0/s1. The number of nitrogens with one attached hydrogen (secondary N) is 4. The number of hydrogen-bond donors (Lipinski definition) is 4. The number of Topliss-reactive ketones (excluding diaryl/α,β-unsaturated/α-hetero) is 1. The zero-order valence-electron chi connectivity index (χ0n) is 27.5. The zero-order chi connectivity index (χ0) is 33.5. The van der Waals surface area contributed by atoms with Gasteiger partial charge in [-0.2, -0.15) is 0 Å². The molecule has 0 spiro atoms. The summed E-state index contributed by atoms with van der Waals surface area (Å²) in [4.78, 5) is 88.4. The number of amides is 5. The molecule has 1 saturated carbocycles. The maximum Gasteiger partial charge on any atom is 0.289 e. The van der Waals surface area contributed by atoms with Gasteiger partial charge in [-0.05, 0) is 49.4 Å². The van der Waals surface area contributed by atoms with E-state index >= 15 is 0 Å². The molecule has 13 heteroatoms. The van der Waals surface area contributed by atoms with Gasteiger partial charge in [0.05, 0.1) is 18.8 Å². The lowest BCUT2D eigenvalue weighted by Gasteiger charge is -2.31. The molecule has 5 amide bonds. The summed E-state index contributed by atoms with van der Waals surface area (Å²) >= 11 is 0. The van der Waals surface area contributed by atoms with Gasteiger partial charge in [-0.15, -0.1) is 0 Å². The summed E-state index contributed by atoms with van der Waals surface area (Å²) < 4.78 is 0. The number of carbonyl (C=O) groups is 6. The van der Waals surface area contributed by atoms with E-state index < -0.39 is 58.9 Å². The van der Waals surface area contributed by atoms with Crippen molar-refractivity contribution in [2.45, 2.75) is 105 Å². The van der Waals surface area contributed by atoms with Crippen molar-refractivity contribution in [3.8, 4) is 0 Å². The van der Waals surface area contributed by atoms with Gasteiger partial charge in [-0.25, -0.2) is 4.98 Å². The van der Waals surface area contributed by atoms with Gasteiger partial charge in [0.1, 0.15) is 17.8 Å². The van der Waals surface area contributed by atoms with E-state index in [9.17, 15) is 28.8 Å². The minimum absolute atomic E-state index is 0.0554. The average Bonchev–Trinajstić information content (AvgIpc) is 3.59. The summed E-state index contributed by atoms with van der Waals surface area (Å²) in [6, 6.07) is -3.02. The van der Waals surface area contributed by atoms with Crippen molar-refractivity contribution < 1.29 is 28.8 Å². The number of nitrogens with zero attached hydrogens (tertiary/aromatic N) is 3. The minimum atomic E-state index is -1.01. The predicted octanol–water partition coefficient (Wildman–Crippen LogP) is 1.38. The van der Waals surface area contributed by atoms with Gasteiger partial charge in [0.15, 0.2) is 0 Å². The number of hydrogen-bond acceptors (Lipinski definition) is 8. The third-order valence-electron chi connectivity index (χ3n) is 8.89. The van der Waals surface area contributed by atoms with E-state index in [4.69, 9.17) is 0 Å². The molecule has 1 aromatic heterocycles. The summed E-state index contributed by atoms with van der Waals surface area (Å²) in [6.07, 6.45) is 7.52. The first-order valence-electron chi connectivity index (χ1n) is 15.9. The van der Waals surface area contributed by atoms with E-state index in [0.717, 1.165) is 19.3 Å².